The van der Waals surface area contributed by atoms with E-state index < -0.39 is 0 Å². The van der Waals surface area contributed by atoms with Crippen LogP contribution in [0.2, 0.25) is 0 Å². The fraction of sp³-hybridized carbons (Fsp3) is 1.00. The SMILES string of the molecule is CCC1C2CCC(C2)C1CI. The molecular weight excluding hydrogens is 247 g/mol. The highest BCUT2D eigenvalue weighted by Crippen LogP contribution is 2.53. The molecule has 0 aromatic carbocycles. The molecular formula is C10H17I. The van der Waals surface area contributed by atoms with Gasteiger partial charge in [0, 0.05) is 4.43 Å². The van der Waals surface area contributed by atoms with Crippen LogP contribution in [-0.4, -0.2) is 4.43 Å². The van der Waals surface area contributed by atoms with Crippen LogP contribution in [-0.2, 0) is 0 Å². The lowest BCUT2D eigenvalue weighted by molar-refractivity contribution is 0.240. The van der Waals surface area contributed by atoms with Gasteiger partial charge in [0.15, 0.2) is 0 Å². The van der Waals surface area contributed by atoms with E-state index in [1.165, 1.54) is 10.8 Å². The Morgan fingerprint density at radius 2 is 1.82 bits per heavy atom. The number of hydrogen-bond donors (Lipinski definition) is 0. The van der Waals surface area contributed by atoms with Gasteiger partial charge in [-0.2, -0.15) is 0 Å². The lowest BCUT2D eigenvalue weighted by Gasteiger charge is -2.28. The summed E-state index contributed by atoms with van der Waals surface area (Å²) in [6.45, 7) is 2.38. The summed E-state index contributed by atoms with van der Waals surface area (Å²) >= 11 is 2.59. The molecule has 0 aromatic rings. The molecule has 0 radical (unpaired) electrons. The molecule has 0 aromatic heterocycles. The lowest BCUT2D eigenvalue weighted by atomic mass is 9.79. The summed E-state index contributed by atoms with van der Waals surface area (Å²) in [7, 11) is 0. The topological polar surface area (TPSA) is 0 Å². The summed E-state index contributed by atoms with van der Waals surface area (Å²) in [6.07, 6.45) is 6.12. The maximum atomic E-state index is 2.59. The first-order valence-corrected chi connectivity index (χ1v) is 6.45. The fourth-order valence-electron chi connectivity index (χ4n) is 3.41. The van der Waals surface area contributed by atoms with Crippen LogP contribution >= 0.6 is 22.6 Å². The average molecular weight is 264 g/mol. The number of fused-ring (bicyclic) bond motifs is 2. The second-order valence-corrected chi connectivity index (χ2v) is 5.10. The smallest absolute Gasteiger partial charge is 0.00290 e. The van der Waals surface area contributed by atoms with Crippen molar-refractivity contribution in [2.75, 3.05) is 4.43 Å². The highest BCUT2D eigenvalue weighted by Gasteiger charge is 2.45. The van der Waals surface area contributed by atoms with Crippen molar-refractivity contribution in [3.8, 4) is 0 Å². The number of alkyl halides is 1. The summed E-state index contributed by atoms with van der Waals surface area (Å²) in [6, 6.07) is 0. The first kappa shape index (κ1) is 8.33. The van der Waals surface area contributed by atoms with Gasteiger partial charge in [0.05, 0.1) is 0 Å². The first-order valence-electron chi connectivity index (χ1n) is 4.92. The van der Waals surface area contributed by atoms with E-state index in [1.807, 2.05) is 0 Å². The van der Waals surface area contributed by atoms with E-state index in [9.17, 15) is 0 Å². The van der Waals surface area contributed by atoms with Crippen LogP contribution in [0.3, 0.4) is 0 Å². The predicted molar refractivity (Wildman–Crippen MR) is 57.0 cm³/mol. The van der Waals surface area contributed by atoms with Gasteiger partial charge in [-0.3, -0.25) is 0 Å². The molecule has 0 heterocycles. The van der Waals surface area contributed by atoms with E-state index in [0.29, 0.717) is 0 Å². The van der Waals surface area contributed by atoms with Gasteiger partial charge in [-0.05, 0) is 42.9 Å². The van der Waals surface area contributed by atoms with Crippen molar-refractivity contribution in [1.29, 1.82) is 0 Å². The van der Waals surface area contributed by atoms with Gasteiger partial charge in [-0.15, -0.1) is 0 Å². The first-order chi connectivity index (χ1) is 5.36. The van der Waals surface area contributed by atoms with Gasteiger partial charge >= 0.3 is 0 Å². The molecule has 2 rings (SSSR count). The van der Waals surface area contributed by atoms with Crippen LogP contribution < -0.4 is 0 Å². The summed E-state index contributed by atoms with van der Waals surface area (Å²) < 4.78 is 1.41. The second kappa shape index (κ2) is 3.23. The summed E-state index contributed by atoms with van der Waals surface area (Å²) in [5.74, 6) is 4.46. The van der Waals surface area contributed by atoms with Crippen molar-refractivity contribution in [2.45, 2.75) is 32.6 Å². The zero-order valence-electron chi connectivity index (χ0n) is 7.22. The number of hydrogen-bond acceptors (Lipinski definition) is 0. The fourth-order valence-corrected chi connectivity index (χ4v) is 4.78. The molecule has 4 atom stereocenters. The van der Waals surface area contributed by atoms with E-state index in [-0.39, 0.29) is 0 Å². The van der Waals surface area contributed by atoms with Crippen molar-refractivity contribution in [3.05, 3.63) is 0 Å². The minimum Gasteiger partial charge on any atom is -0.0861 e. The Morgan fingerprint density at radius 3 is 2.27 bits per heavy atom. The van der Waals surface area contributed by atoms with Gasteiger partial charge in [0.25, 0.3) is 0 Å². The average Bonchev–Trinajstić information content (AvgIpc) is 2.60. The zero-order valence-corrected chi connectivity index (χ0v) is 9.38. The lowest BCUT2D eigenvalue weighted by Crippen LogP contribution is -2.22. The third-order valence-electron chi connectivity index (χ3n) is 3.92. The molecule has 2 aliphatic carbocycles. The summed E-state index contributed by atoms with van der Waals surface area (Å²) in [4.78, 5) is 0. The maximum absolute atomic E-state index is 2.59. The van der Waals surface area contributed by atoms with Crippen molar-refractivity contribution in [1.82, 2.24) is 0 Å². The molecule has 2 fully saturated rings. The third kappa shape index (κ3) is 1.24. The van der Waals surface area contributed by atoms with E-state index in [4.69, 9.17) is 0 Å². The Labute approximate surface area is 83.3 Å². The molecule has 2 aliphatic rings. The molecule has 4 unspecified atom stereocenters. The maximum Gasteiger partial charge on any atom is 0.00290 e. The van der Waals surface area contributed by atoms with Crippen LogP contribution in [0.25, 0.3) is 0 Å². The second-order valence-electron chi connectivity index (χ2n) is 4.22. The van der Waals surface area contributed by atoms with Gasteiger partial charge < -0.3 is 0 Å². The van der Waals surface area contributed by atoms with E-state index in [0.717, 1.165) is 23.7 Å². The summed E-state index contributed by atoms with van der Waals surface area (Å²) in [5.41, 5.74) is 0. The Bertz CT molecular complexity index is 128. The van der Waals surface area contributed by atoms with Crippen molar-refractivity contribution >= 4 is 22.6 Å². The molecule has 0 aliphatic heterocycles. The minimum absolute atomic E-state index is 1.10. The molecule has 2 saturated carbocycles. The molecule has 0 nitrogen and oxygen atoms in total. The van der Waals surface area contributed by atoms with E-state index in [2.05, 4.69) is 29.5 Å². The number of halogens is 1. The van der Waals surface area contributed by atoms with Gasteiger partial charge in [0.1, 0.15) is 0 Å². The zero-order chi connectivity index (χ0) is 7.84. The molecule has 0 N–H and O–H groups in total. The number of rotatable bonds is 2. The molecule has 0 saturated heterocycles. The molecule has 2 bridgehead atoms. The van der Waals surface area contributed by atoms with Gasteiger partial charge in [-0.1, -0.05) is 35.9 Å². The van der Waals surface area contributed by atoms with Crippen molar-refractivity contribution in [2.24, 2.45) is 23.7 Å². The van der Waals surface area contributed by atoms with Crippen molar-refractivity contribution in [3.63, 3.8) is 0 Å². The Hall–Kier alpha value is 0.730. The monoisotopic (exact) mass is 264 g/mol. The minimum atomic E-state index is 1.10. The summed E-state index contributed by atoms with van der Waals surface area (Å²) in [5, 5.41) is 0. The normalized spacial score (nSPS) is 48.5. The van der Waals surface area contributed by atoms with Crippen LogP contribution in [0.4, 0.5) is 0 Å². The largest absolute Gasteiger partial charge is 0.0861 e. The van der Waals surface area contributed by atoms with Gasteiger partial charge in [-0.25, -0.2) is 0 Å². The van der Waals surface area contributed by atoms with Crippen LogP contribution in [0.1, 0.15) is 32.6 Å². The Kier molecular flexibility index (Phi) is 2.45. The van der Waals surface area contributed by atoms with E-state index in [1.54, 1.807) is 19.3 Å². The van der Waals surface area contributed by atoms with Crippen LogP contribution in [0.5, 0.6) is 0 Å². The highest BCUT2D eigenvalue weighted by molar-refractivity contribution is 14.1. The van der Waals surface area contributed by atoms with Crippen molar-refractivity contribution < 1.29 is 0 Å². The van der Waals surface area contributed by atoms with E-state index >= 15 is 0 Å². The molecule has 11 heavy (non-hydrogen) atoms. The highest BCUT2D eigenvalue weighted by atomic mass is 127. The predicted octanol–water partition coefficient (Wildman–Crippen LogP) is 3.49. The third-order valence-corrected chi connectivity index (χ3v) is 4.94. The molecule has 64 valence electrons. The van der Waals surface area contributed by atoms with Crippen LogP contribution in [0.15, 0.2) is 0 Å². The quantitative estimate of drug-likeness (QED) is 0.529. The Balaban J connectivity index is 2.08. The standard InChI is InChI=1S/C10H17I/c1-2-9-7-3-4-8(5-7)10(9)6-11/h7-10H,2-6H2,1H3. The Morgan fingerprint density at radius 1 is 1.18 bits per heavy atom. The van der Waals surface area contributed by atoms with Crippen LogP contribution in [0, 0.1) is 23.7 Å². The molecule has 1 heteroatoms. The molecule has 0 spiro atoms. The molecule has 0 amide bonds. The van der Waals surface area contributed by atoms with Gasteiger partial charge in [0.2, 0.25) is 0 Å².